The molecule has 0 radical (unpaired) electrons. The Hall–Kier alpha value is -2.25. The lowest BCUT2D eigenvalue weighted by atomic mass is 10.1. The van der Waals surface area contributed by atoms with E-state index in [-0.39, 0.29) is 11.0 Å². The molecule has 0 fully saturated rings. The van der Waals surface area contributed by atoms with Crippen LogP contribution in [0.1, 0.15) is 36.7 Å². The molecule has 2 aromatic rings. The molecule has 0 unspecified atom stereocenters. The van der Waals surface area contributed by atoms with Gasteiger partial charge in [-0.25, -0.2) is 0 Å². The van der Waals surface area contributed by atoms with E-state index in [4.69, 9.17) is 18.0 Å². The quantitative estimate of drug-likeness (QED) is 0.746. The molecule has 7 heteroatoms. The number of nitrogens with one attached hydrogen (secondary N) is 2. The minimum atomic E-state index is -0.526. The number of hydrogen-bond acceptors (Lipinski definition) is 4. The number of thiocarbonyl (C=S) groups is 1. The van der Waals surface area contributed by atoms with E-state index in [1.165, 1.54) is 11.3 Å². The third-order valence-electron chi connectivity index (χ3n) is 3.48. The fraction of sp³-hybridized carbons (Fsp3) is 0.188. The number of carbonyl (C=O) groups is 2. The molecule has 4 N–H and O–H groups in total. The monoisotopic (exact) mass is 347 g/mol. The van der Waals surface area contributed by atoms with Gasteiger partial charge in [-0.2, -0.15) is 0 Å². The van der Waals surface area contributed by atoms with Crippen molar-refractivity contribution in [3.05, 3.63) is 51.4 Å². The molecule has 5 nitrogen and oxygen atoms in total. The van der Waals surface area contributed by atoms with E-state index >= 15 is 0 Å². The number of benzene rings is 1. The summed E-state index contributed by atoms with van der Waals surface area (Å²) in [7, 11) is 0. The van der Waals surface area contributed by atoms with Gasteiger partial charge in [0.25, 0.3) is 11.8 Å². The van der Waals surface area contributed by atoms with Gasteiger partial charge in [-0.05, 0) is 50.2 Å². The van der Waals surface area contributed by atoms with Gasteiger partial charge in [0.1, 0.15) is 5.00 Å². The molecule has 0 saturated carbocycles. The Kier molecular flexibility index (Phi) is 5.12. The van der Waals surface area contributed by atoms with Crippen molar-refractivity contribution in [2.24, 2.45) is 5.73 Å². The normalized spacial score (nSPS) is 10.2. The van der Waals surface area contributed by atoms with E-state index in [9.17, 15) is 9.59 Å². The zero-order valence-electron chi connectivity index (χ0n) is 13.0. The Morgan fingerprint density at radius 1 is 1.17 bits per heavy atom. The van der Waals surface area contributed by atoms with Crippen LogP contribution in [0.25, 0.3) is 0 Å². The smallest absolute Gasteiger partial charge is 0.257 e. The van der Waals surface area contributed by atoms with Crippen LogP contribution in [0.5, 0.6) is 0 Å². The number of hydrogen-bond donors (Lipinski definition) is 3. The summed E-state index contributed by atoms with van der Waals surface area (Å²) in [5, 5.41) is 6.18. The first-order valence-electron chi connectivity index (χ1n) is 6.89. The number of anilines is 1. The van der Waals surface area contributed by atoms with Gasteiger partial charge in [-0.15, -0.1) is 11.3 Å². The first kappa shape index (κ1) is 17.1. The molecule has 0 aliphatic carbocycles. The van der Waals surface area contributed by atoms with E-state index in [2.05, 4.69) is 10.6 Å². The molecule has 2 amide bonds. The molecule has 0 bridgehead atoms. The van der Waals surface area contributed by atoms with Crippen molar-refractivity contribution < 1.29 is 9.59 Å². The molecule has 1 heterocycles. The van der Waals surface area contributed by atoms with Crippen LogP contribution in [0.3, 0.4) is 0 Å². The van der Waals surface area contributed by atoms with Crippen LogP contribution in [-0.4, -0.2) is 16.9 Å². The summed E-state index contributed by atoms with van der Waals surface area (Å²) in [6.07, 6.45) is 0. The molecule has 2 rings (SSSR count). The summed E-state index contributed by atoms with van der Waals surface area (Å²) in [4.78, 5) is 24.8. The number of amides is 2. The summed E-state index contributed by atoms with van der Waals surface area (Å²) in [5.41, 5.74) is 8.04. The number of thiophene rings is 1. The molecule has 1 aromatic carbocycles. The minimum absolute atomic E-state index is 0.127. The standard InChI is InChI=1S/C16H17N3O2S2/c1-8-6-4-5-7-11(8)14(21)18-16(22)19-15-12(13(17)20)9(2)10(3)23-15/h4-7H,1-3H3,(H2,17,20)(H2,18,19,21,22). The maximum Gasteiger partial charge on any atom is 0.257 e. The number of carbonyl (C=O) groups excluding carboxylic acids is 2. The van der Waals surface area contributed by atoms with Crippen molar-refractivity contribution >= 4 is 45.5 Å². The molecule has 1 aromatic heterocycles. The number of primary amides is 1. The fourth-order valence-electron chi connectivity index (χ4n) is 2.14. The van der Waals surface area contributed by atoms with Gasteiger partial charge < -0.3 is 11.1 Å². The van der Waals surface area contributed by atoms with Gasteiger partial charge in [-0.1, -0.05) is 18.2 Å². The lowest BCUT2D eigenvalue weighted by molar-refractivity contribution is 0.0975. The van der Waals surface area contributed by atoms with Crippen LogP contribution < -0.4 is 16.4 Å². The molecular weight excluding hydrogens is 330 g/mol. The average Bonchev–Trinajstić information content (AvgIpc) is 2.73. The molecule has 0 aliphatic rings. The van der Waals surface area contributed by atoms with Gasteiger partial charge >= 0.3 is 0 Å². The zero-order valence-corrected chi connectivity index (χ0v) is 14.7. The SMILES string of the molecule is Cc1ccccc1C(=O)NC(=S)Nc1sc(C)c(C)c1C(N)=O. The second kappa shape index (κ2) is 6.89. The Morgan fingerprint density at radius 3 is 2.43 bits per heavy atom. The first-order valence-corrected chi connectivity index (χ1v) is 8.11. The first-order chi connectivity index (χ1) is 10.8. The highest BCUT2D eigenvalue weighted by Crippen LogP contribution is 2.31. The maximum absolute atomic E-state index is 12.2. The van der Waals surface area contributed by atoms with Crippen LogP contribution in [0.15, 0.2) is 24.3 Å². The molecule has 0 atom stereocenters. The van der Waals surface area contributed by atoms with Crippen molar-refractivity contribution in [2.45, 2.75) is 20.8 Å². The zero-order chi connectivity index (χ0) is 17.1. The van der Waals surface area contributed by atoms with E-state index < -0.39 is 5.91 Å². The van der Waals surface area contributed by atoms with E-state index in [0.29, 0.717) is 16.1 Å². The third-order valence-corrected chi connectivity index (χ3v) is 4.80. The van der Waals surface area contributed by atoms with Gasteiger partial charge in [0.2, 0.25) is 0 Å². The molecule has 120 valence electrons. The van der Waals surface area contributed by atoms with Gasteiger partial charge in [0.05, 0.1) is 5.56 Å². The van der Waals surface area contributed by atoms with Crippen LogP contribution in [0.4, 0.5) is 5.00 Å². The van der Waals surface area contributed by atoms with Crippen LogP contribution in [0, 0.1) is 20.8 Å². The lowest BCUT2D eigenvalue weighted by Gasteiger charge is -2.10. The Balaban J connectivity index is 2.15. The Bertz CT molecular complexity index is 797. The summed E-state index contributed by atoms with van der Waals surface area (Å²) in [6, 6.07) is 7.22. The Labute approximate surface area is 143 Å². The van der Waals surface area contributed by atoms with E-state index in [0.717, 1.165) is 16.0 Å². The Morgan fingerprint density at radius 2 is 1.83 bits per heavy atom. The molecule has 23 heavy (non-hydrogen) atoms. The summed E-state index contributed by atoms with van der Waals surface area (Å²) < 4.78 is 0. The van der Waals surface area contributed by atoms with Gasteiger partial charge in [0, 0.05) is 10.4 Å². The number of aryl methyl sites for hydroxylation is 2. The van der Waals surface area contributed by atoms with Crippen molar-refractivity contribution in [1.82, 2.24) is 5.32 Å². The van der Waals surface area contributed by atoms with Gasteiger partial charge in [0.15, 0.2) is 5.11 Å². The molecule has 0 saturated heterocycles. The number of rotatable bonds is 3. The molecule has 0 spiro atoms. The van der Waals surface area contributed by atoms with Crippen molar-refractivity contribution in [3.8, 4) is 0 Å². The average molecular weight is 347 g/mol. The predicted octanol–water partition coefficient (Wildman–Crippen LogP) is 2.90. The predicted molar refractivity (Wildman–Crippen MR) is 97.2 cm³/mol. The van der Waals surface area contributed by atoms with E-state index in [1.54, 1.807) is 12.1 Å². The number of nitrogens with two attached hydrogens (primary N) is 1. The van der Waals surface area contributed by atoms with Crippen molar-refractivity contribution in [1.29, 1.82) is 0 Å². The lowest BCUT2D eigenvalue weighted by Crippen LogP contribution is -2.34. The van der Waals surface area contributed by atoms with Gasteiger partial charge in [-0.3, -0.25) is 14.9 Å². The topological polar surface area (TPSA) is 84.2 Å². The largest absolute Gasteiger partial charge is 0.365 e. The highest BCUT2D eigenvalue weighted by molar-refractivity contribution is 7.80. The van der Waals surface area contributed by atoms with Crippen LogP contribution in [0.2, 0.25) is 0 Å². The summed E-state index contributed by atoms with van der Waals surface area (Å²) >= 11 is 6.54. The highest BCUT2D eigenvalue weighted by Gasteiger charge is 2.19. The van der Waals surface area contributed by atoms with Crippen molar-refractivity contribution in [2.75, 3.05) is 5.32 Å². The molecule has 0 aliphatic heterocycles. The van der Waals surface area contributed by atoms with Crippen LogP contribution >= 0.6 is 23.6 Å². The highest BCUT2D eigenvalue weighted by atomic mass is 32.1. The molecular formula is C16H17N3O2S2. The fourth-order valence-corrected chi connectivity index (χ4v) is 3.47. The minimum Gasteiger partial charge on any atom is -0.365 e. The summed E-state index contributed by atoms with van der Waals surface area (Å²) in [5.74, 6) is -0.825. The van der Waals surface area contributed by atoms with Crippen LogP contribution in [-0.2, 0) is 0 Å². The van der Waals surface area contributed by atoms with E-state index in [1.807, 2.05) is 32.9 Å². The van der Waals surface area contributed by atoms with Crippen molar-refractivity contribution in [3.63, 3.8) is 0 Å². The maximum atomic E-state index is 12.2. The second-order valence-electron chi connectivity index (χ2n) is 5.07. The summed E-state index contributed by atoms with van der Waals surface area (Å²) in [6.45, 7) is 5.57. The second-order valence-corrected chi connectivity index (χ2v) is 6.71. The third kappa shape index (κ3) is 3.75.